The Balaban J connectivity index is 2.06. The number of piperidine rings is 1. The zero-order valence-electron chi connectivity index (χ0n) is 12.2. The summed E-state index contributed by atoms with van der Waals surface area (Å²) in [5, 5.41) is 0. The second-order valence-electron chi connectivity index (χ2n) is 5.54. The SMILES string of the molecule is CC(CN1CCCCC1)NS(=O)(=O)c1c(N)cccc1F. The molecule has 7 heteroatoms. The maximum atomic E-state index is 13.7. The Morgan fingerprint density at radius 2 is 2.00 bits per heavy atom. The molecule has 0 aliphatic carbocycles. The average Bonchev–Trinajstić information content (AvgIpc) is 2.38. The summed E-state index contributed by atoms with van der Waals surface area (Å²) in [7, 11) is -3.95. The number of likely N-dealkylation sites (tertiary alicyclic amines) is 1. The third-order valence-corrected chi connectivity index (χ3v) is 5.28. The summed E-state index contributed by atoms with van der Waals surface area (Å²) in [6.45, 7) is 4.36. The van der Waals surface area contributed by atoms with E-state index in [2.05, 4.69) is 9.62 Å². The number of benzene rings is 1. The van der Waals surface area contributed by atoms with E-state index in [-0.39, 0.29) is 11.7 Å². The lowest BCUT2D eigenvalue weighted by atomic mass is 10.1. The van der Waals surface area contributed by atoms with E-state index in [0.717, 1.165) is 32.0 Å². The summed E-state index contributed by atoms with van der Waals surface area (Å²) < 4.78 is 40.8. The molecule has 5 nitrogen and oxygen atoms in total. The van der Waals surface area contributed by atoms with Gasteiger partial charge in [-0.15, -0.1) is 0 Å². The molecule has 1 atom stereocenters. The Morgan fingerprint density at radius 1 is 1.33 bits per heavy atom. The van der Waals surface area contributed by atoms with Crippen LogP contribution >= 0.6 is 0 Å². The van der Waals surface area contributed by atoms with E-state index in [1.807, 2.05) is 0 Å². The second kappa shape index (κ2) is 6.72. The van der Waals surface area contributed by atoms with Crippen molar-refractivity contribution in [2.24, 2.45) is 0 Å². The van der Waals surface area contributed by atoms with Crippen LogP contribution in [0.25, 0.3) is 0 Å². The summed E-state index contributed by atoms with van der Waals surface area (Å²) in [6, 6.07) is 3.57. The first-order valence-corrected chi connectivity index (χ1v) is 8.67. The smallest absolute Gasteiger partial charge is 0.245 e. The Bertz CT molecular complexity index is 566. The predicted octanol–water partition coefficient (Wildman–Crippen LogP) is 1.56. The van der Waals surface area contributed by atoms with Gasteiger partial charge in [0.05, 0.1) is 5.69 Å². The van der Waals surface area contributed by atoms with Gasteiger partial charge in [0.15, 0.2) is 0 Å². The fraction of sp³-hybridized carbons (Fsp3) is 0.571. The quantitative estimate of drug-likeness (QED) is 0.809. The fourth-order valence-electron chi connectivity index (χ4n) is 2.70. The summed E-state index contributed by atoms with van der Waals surface area (Å²) in [5.74, 6) is -0.826. The lowest BCUT2D eigenvalue weighted by Gasteiger charge is -2.29. The number of nitrogens with two attached hydrogens (primary N) is 1. The van der Waals surface area contributed by atoms with Gasteiger partial charge in [-0.2, -0.15) is 0 Å². The van der Waals surface area contributed by atoms with Crippen molar-refractivity contribution < 1.29 is 12.8 Å². The van der Waals surface area contributed by atoms with E-state index in [4.69, 9.17) is 5.73 Å². The Labute approximate surface area is 125 Å². The van der Waals surface area contributed by atoms with Gasteiger partial charge in [0.1, 0.15) is 10.7 Å². The van der Waals surface area contributed by atoms with E-state index in [9.17, 15) is 12.8 Å². The van der Waals surface area contributed by atoms with Gasteiger partial charge in [-0.3, -0.25) is 0 Å². The third kappa shape index (κ3) is 4.15. The molecule has 1 aromatic carbocycles. The minimum absolute atomic E-state index is 0.0762. The second-order valence-corrected chi connectivity index (χ2v) is 7.19. The highest BCUT2D eigenvalue weighted by molar-refractivity contribution is 7.89. The van der Waals surface area contributed by atoms with Crippen molar-refractivity contribution in [1.82, 2.24) is 9.62 Å². The molecule has 1 saturated heterocycles. The molecular weight excluding hydrogens is 293 g/mol. The normalized spacial score (nSPS) is 18.6. The van der Waals surface area contributed by atoms with Crippen molar-refractivity contribution in [1.29, 1.82) is 0 Å². The molecule has 0 bridgehead atoms. The molecule has 0 radical (unpaired) electrons. The van der Waals surface area contributed by atoms with E-state index in [1.165, 1.54) is 18.6 Å². The molecule has 1 fully saturated rings. The maximum absolute atomic E-state index is 13.7. The van der Waals surface area contributed by atoms with Crippen molar-refractivity contribution in [3.8, 4) is 0 Å². The standard InChI is InChI=1S/C14H22FN3O2S/c1-11(10-18-8-3-2-4-9-18)17-21(19,20)14-12(15)6-5-7-13(14)16/h5-7,11,17H,2-4,8-10,16H2,1H3. The van der Waals surface area contributed by atoms with E-state index in [0.29, 0.717) is 6.54 Å². The number of halogens is 1. The van der Waals surface area contributed by atoms with Gasteiger partial charge in [-0.05, 0) is 45.0 Å². The van der Waals surface area contributed by atoms with Crippen LogP contribution in [-0.2, 0) is 10.0 Å². The number of nitrogen functional groups attached to an aromatic ring is 1. The van der Waals surface area contributed by atoms with E-state index >= 15 is 0 Å². The molecule has 0 spiro atoms. The number of rotatable bonds is 5. The molecule has 1 unspecified atom stereocenters. The molecular formula is C14H22FN3O2S. The minimum Gasteiger partial charge on any atom is -0.398 e. The van der Waals surface area contributed by atoms with Crippen LogP contribution in [0.4, 0.5) is 10.1 Å². The first kappa shape index (κ1) is 16.2. The number of hydrogen-bond acceptors (Lipinski definition) is 4. The molecule has 1 aromatic rings. The van der Waals surface area contributed by atoms with Gasteiger partial charge in [0.2, 0.25) is 10.0 Å². The lowest BCUT2D eigenvalue weighted by Crippen LogP contribution is -2.43. The zero-order chi connectivity index (χ0) is 15.5. The lowest BCUT2D eigenvalue weighted by molar-refractivity contribution is 0.215. The summed E-state index contributed by atoms with van der Waals surface area (Å²) in [5.41, 5.74) is 5.52. The fourth-order valence-corrected chi connectivity index (χ4v) is 4.12. The average molecular weight is 315 g/mol. The molecule has 0 amide bonds. The monoisotopic (exact) mass is 315 g/mol. The van der Waals surface area contributed by atoms with Crippen molar-refractivity contribution >= 4 is 15.7 Å². The molecule has 1 aliphatic heterocycles. The molecule has 118 valence electrons. The van der Waals surface area contributed by atoms with Crippen molar-refractivity contribution in [3.63, 3.8) is 0 Å². The van der Waals surface area contributed by atoms with Crippen LogP contribution in [0.2, 0.25) is 0 Å². The molecule has 1 heterocycles. The number of hydrogen-bond donors (Lipinski definition) is 2. The van der Waals surface area contributed by atoms with Crippen LogP contribution < -0.4 is 10.5 Å². The number of sulfonamides is 1. The minimum atomic E-state index is -3.95. The highest BCUT2D eigenvalue weighted by Gasteiger charge is 2.25. The van der Waals surface area contributed by atoms with Gasteiger partial charge >= 0.3 is 0 Å². The van der Waals surface area contributed by atoms with Crippen LogP contribution in [-0.4, -0.2) is 39.0 Å². The van der Waals surface area contributed by atoms with Gasteiger partial charge in [0, 0.05) is 12.6 Å². The first-order chi connectivity index (χ1) is 9.90. The third-order valence-electron chi connectivity index (χ3n) is 3.60. The molecule has 2 rings (SSSR count). The largest absolute Gasteiger partial charge is 0.398 e. The Kier molecular flexibility index (Phi) is 5.18. The molecule has 3 N–H and O–H groups in total. The van der Waals surface area contributed by atoms with Gasteiger partial charge in [-0.25, -0.2) is 17.5 Å². The van der Waals surface area contributed by atoms with E-state index in [1.54, 1.807) is 6.92 Å². The van der Waals surface area contributed by atoms with Crippen LogP contribution in [0.3, 0.4) is 0 Å². The highest BCUT2D eigenvalue weighted by atomic mass is 32.2. The van der Waals surface area contributed by atoms with Crippen LogP contribution in [0, 0.1) is 5.82 Å². The Morgan fingerprint density at radius 3 is 2.62 bits per heavy atom. The summed E-state index contributed by atoms with van der Waals surface area (Å²) in [6.07, 6.45) is 3.50. The van der Waals surface area contributed by atoms with E-state index < -0.39 is 20.7 Å². The number of anilines is 1. The van der Waals surface area contributed by atoms with Gasteiger partial charge in [0.25, 0.3) is 0 Å². The topological polar surface area (TPSA) is 75.4 Å². The number of nitrogens with zero attached hydrogens (tertiary/aromatic N) is 1. The van der Waals surface area contributed by atoms with Crippen molar-refractivity contribution in [2.45, 2.75) is 37.1 Å². The summed E-state index contributed by atoms with van der Waals surface area (Å²) in [4.78, 5) is 1.76. The Hall–Kier alpha value is -1.18. The van der Waals surface area contributed by atoms with Crippen LogP contribution in [0.1, 0.15) is 26.2 Å². The molecule has 1 aliphatic rings. The van der Waals surface area contributed by atoms with Gasteiger partial charge < -0.3 is 10.6 Å². The first-order valence-electron chi connectivity index (χ1n) is 7.19. The van der Waals surface area contributed by atoms with Crippen molar-refractivity contribution in [3.05, 3.63) is 24.0 Å². The molecule has 0 saturated carbocycles. The molecule has 21 heavy (non-hydrogen) atoms. The van der Waals surface area contributed by atoms with Crippen LogP contribution in [0.5, 0.6) is 0 Å². The predicted molar refractivity (Wildman–Crippen MR) is 80.9 cm³/mol. The summed E-state index contributed by atoms with van der Waals surface area (Å²) >= 11 is 0. The molecule has 0 aromatic heterocycles. The number of nitrogens with one attached hydrogen (secondary N) is 1. The van der Waals surface area contributed by atoms with Crippen molar-refractivity contribution in [2.75, 3.05) is 25.4 Å². The van der Waals surface area contributed by atoms with Gasteiger partial charge in [-0.1, -0.05) is 12.5 Å². The zero-order valence-corrected chi connectivity index (χ0v) is 13.0. The van der Waals surface area contributed by atoms with Crippen LogP contribution in [0.15, 0.2) is 23.1 Å². The maximum Gasteiger partial charge on any atom is 0.245 e. The highest BCUT2D eigenvalue weighted by Crippen LogP contribution is 2.21.